The Balaban J connectivity index is 1.86. The number of unbranched alkanes of at least 4 members (excludes halogenated alkanes) is 1. The minimum Gasteiger partial charge on any atom is -0.492 e. The Hall–Kier alpha value is -3.78. The van der Waals surface area contributed by atoms with Crippen LogP contribution in [0.4, 0.5) is 0 Å². The molecule has 8 heteroatoms. The molecule has 0 fully saturated rings. The summed E-state index contributed by atoms with van der Waals surface area (Å²) in [6.45, 7) is 5.89. The number of aromatic hydroxyl groups is 1. The summed E-state index contributed by atoms with van der Waals surface area (Å²) >= 11 is 0. The number of aromatic nitrogens is 3. The number of sulfone groups is 1. The van der Waals surface area contributed by atoms with Crippen molar-refractivity contribution in [3.8, 4) is 17.0 Å². The normalized spacial score (nSPS) is 12.4. The predicted octanol–water partition coefficient (Wildman–Crippen LogP) is 5.49. The zero-order chi connectivity index (χ0) is 26.6. The third-order valence-electron chi connectivity index (χ3n) is 6.53. The van der Waals surface area contributed by atoms with E-state index < -0.39 is 32.2 Å². The lowest BCUT2D eigenvalue weighted by atomic mass is 10.0. The number of aryl methyl sites for hydroxylation is 2. The van der Waals surface area contributed by atoms with Gasteiger partial charge in [-0.1, -0.05) is 62.7 Å². The molecule has 0 radical (unpaired) electrons. The highest BCUT2D eigenvalue weighted by atomic mass is 32.2. The molecule has 0 aliphatic heterocycles. The van der Waals surface area contributed by atoms with E-state index >= 15 is 0 Å². The Morgan fingerprint density at radius 1 is 1.00 bits per heavy atom. The molecule has 2 aromatic heterocycles. The van der Waals surface area contributed by atoms with Crippen molar-refractivity contribution in [2.24, 2.45) is 0 Å². The molecule has 2 heterocycles. The van der Waals surface area contributed by atoms with Gasteiger partial charge in [-0.3, -0.25) is 14.3 Å². The molecule has 0 bridgehead atoms. The summed E-state index contributed by atoms with van der Waals surface area (Å²) in [5.74, 6) is -0.383. The van der Waals surface area contributed by atoms with Gasteiger partial charge in [0.1, 0.15) is 5.82 Å². The van der Waals surface area contributed by atoms with Crippen molar-refractivity contribution >= 4 is 9.84 Å². The van der Waals surface area contributed by atoms with Gasteiger partial charge in [0.15, 0.2) is 4.90 Å². The van der Waals surface area contributed by atoms with Crippen LogP contribution in [0.3, 0.4) is 0 Å². The fourth-order valence-corrected chi connectivity index (χ4v) is 5.93. The number of hydrogen-bond donors (Lipinski definition) is 1. The highest BCUT2D eigenvalue weighted by molar-refractivity contribution is 7.91. The zero-order valence-electron chi connectivity index (χ0n) is 21.3. The van der Waals surface area contributed by atoms with E-state index in [2.05, 4.69) is 9.97 Å². The molecule has 1 N–H and O–H groups in total. The largest absolute Gasteiger partial charge is 0.492 e. The Bertz CT molecular complexity index is 1550. The molecule has 7 nitrogen and oxygen atoms in total. The molecular weight excluding hydrogens is 486 g/mol. The van der Waals surface area contributed by atoms with Crippen LogP contribution in [0, 0.1) is 6.92 Å². The Labute approximate surface area is 217 Å². The number of rotatable bonds is 9. The first-order valence-corrected chi connectivity index (χ1v) is 13.9. The summed E-state index contributed by atoms with van der Waals surface area (Å²) < 4.78 is 28.8. The first-order chi connectivity index (χ1) is 17.8. The van der Waals surface area contributed by atoms with E-state index in [1.807, 2.05) is 57.2 Å². The molecule has 4 aromatic rings. The monoisotopic (exact) mass is 517 g/mol. The van der Waals surface area contributed by atoms with E-state index in [0.717, 1.165) is 35.1 Å². The topological polar surface area (TPSA) is 102 Å². The average molecular weight is 518 g/mol. The first kappa shape index (κ1) is 26.3. The summed E-state index contributed by atoms with van der Waals surface area (Å²) in [4.78, 5) is 21.5. The third kappa shape index (κ3) is 5.20. The average Bonchev–Trinajstić information content (AvgIpc) is 2.90. The first-order valence-electron chi connectivity index (χ1n) is 12.4. The summed E-state index contributed by atoms with van der Waals surface area (Å²) in [5.41, 5.74) is 2.82. The van der Waals surface area contributed by atoms with E-state index in [9.17, 15) is 18.3 Å². The van der Waals surface area contributed by atoms with Gasteiger partial charge in [0.25, 0.3) is 5.56 Å². The fourth-order valence-electron chi connectivity index (χ4n) is 4.59. The number of pyridine rings is 1. The van der Waals surface area contributed by atoms with Crippen LogP contribution in [-0.4, -0.2) is 28.1 Å². The highest BCUT2D eigenvalue weighted by Crippen LogP contribution is 2.30. The second-order valence-electron chi connectivity index (χ2n) is 9.01. The molecule has 0 aliphatic rings. The number of hydrogen-bond acceptors (Lipinski definition) is 6. The second kappa shape index (κ2) is 11.1. The molecule has 0 amide bonds. The van der Waals surface area contributed by atoms with E-state index in [1.165, 1.54) is 16.7 Å². The van der Waals surface area contributed by atoms with Crippen LogP contribution in [0.25, 0.3) is 11.1 Å². The van der Waals surface area contributed by atoms with Crippen molar-refractivity contribution in [3.63, 3.8) is 0 Å². The fraction of sp³-hybridized carbons (Fsp3) is 0.276. The SMILES string of the molecule is CCCCc1nc(O)c(S(=O)(=O)c2ccc(-c3ccncc3C)cc2)c(=O)n1[C@H](CC)c1ccccc1. The molecule has 192 valence electrons. The number of benzene rings is 2. The van der Waals surface area contributed by atoms with Gasteiger partial charge in [-0.2, -0.15) is 4.98 Å². The van der Waals surface area contributed by atoms with Crippen LogP contribution in [0.15, 0.2) is 87.6 Å². The minimum atomic E-state index is -4.35. The van der Waals surface area contributed by atoms with Crippen molar-refractivity contribution < 1.29 is 13.5 Å². The van der Waals surface area contributed by atoms with Gasteiger partial charge in [0.2, 0.25) is 15.7 Å². The summed E-state index contributed by atoms with van der Waals surface area (Å²) in [7, 11) is -4.35. The molecule has 0 unspecified atom stereocenters. The molecule has 0 saturated heterocycles. The maximum absolute atomic E-state index is 13.9. The molecule has 2 aromatic carbocycles. The van der Waals surface area contributed by atoms with Crippen molar-refractivity contribution in [2.75, 3.05) is 0 Å². The van der Waals surface area contributed by atoms with Crippen molar-refractivity contribution in [2.45, 2.75) is 62.3 Å². The molecule has 4 rings (SSSR count). The number of nitrogens with zero attached hydrogens (tertiary/aromatic N) is 3. The summed E-state index contributed by atoms with van der Waals surface area (Å²) in [6, 6.07) is 17.2. The maximum atomic E-state index is 13.9. The van der Waals surface area contributed by atoms with Crippen molar-refractivity contribution in [3.05, 3.63) is 100 Å². The van der Waals surface area contributed by atoms with Crippen LogP contribution < -0.4 is 5.56 Å². The van der Waals surface area contributed by atoms with E-state index in [0.29, 0.717) is 18.7 Å². The molecule has 0 aliphatic carbocycles. The Morgan fingerprint density at radius 2 is 1.70 bits per heavy atom. The Kier molecular flexibility index (Phi) is 7.88. The van der Waals surface area contributed by atoms with E-state index in [-0.39, 0.29) is 4.90 Å². The summed E-state index contributed by atoms with van der Waals surface area (Å²) in [5, 5.41) is 10.8. The van der Waals surface area contributed by atoms with Gasteiger partial charge in [0, 0.05) is 18.8 Å². The van der Waals surface area contributed by atoms with Gasteiger partial charge >= 0.3 is 0 Å². The van der Waals surface area contributed by atoms with Crippen molar-refractivity contribution in [1.82, 2.24) is 14.5 Å². The standard InChI is InChI=1S/C29H31N3O4S/c1-4-6-12-26-31-28(33)27(29(34)32(26)25(5-2)22-10-8-7-9-11-22)37(35,36)23-15-13-21(14-16-23)24-17-18-30-19-20(24)3/h7-11,13-19,25,33H,4-6,12H2,1-3H3/t25-/m1/s1. The zero-order valence-corrected chi connectivity index (χ0v) is 22.1. The lowest BCUT2D eigenvalue weighted by molar-refractivity contribution is 0.406. The van der Waals surface area contributed by atoms with Crippen LogP contribution in [-0.2, 0) is 16.3 Å². The van der Waals surface area contributed by atoms with E-state index in [1.54, 1.807) is 24.5 Å². The van der Waals surface area contributed by atoms with Crippen LogP contribution in [0.1, 0.15) is 56.1 Å². The molecule has 37 heavy (non-hydrogen) atoms. The van der Waals surface area contributed by atoms with E-state index in [4.69, 9.17) is 0 Å². The maximum Gasteiger partial charge on any atom is 0.277 e. The molecule has 1 atom stereocenters. The second-order valence-corrected chi connectivity index (χ2v) is 10.9. The van der Waals surface area contributed by atoms with Crippen molar-refractivity contribution in [1.29, 1.82) is 0 Å². The van der Waals surface area contributed by atoms with Gasteiger partial charge in [-0.15, -0.1) is 0 Å². The Morgan fingerprint density at radius 3 is 2.32 bits per heavy atom. The van der Waals surface area contributed by atoms with Gasteiger partial charge in [-0.05, 0) is 60.2 Å². The van der Waals surface area contributed by atoms with Gasteiger partial charge in [-0.25, -0.2) is 8.42 Å². The predicted molar refractivity (Wildman–Crippen MR) is 144 cm³/mol. The smallest absolute Gasteiger partial charge is 0.277 e. The lowest BCUT2D eigenvalue weighted by Gasteiger charge is -2.23. The molecular formula is C29H31N3O4S. The highest BCUT2D eigenvalue weighted by Gasteiger charge is 2.31. The molecule has 0 saturated carbocycles. The third-order valence-corrected chi connectivity index (χ3v) is 8.32. The van der Waals surface area contributed by atoms with Crippen LogP contribution in [0.2, 0.25) is 0 Å². The van der Waals surface area contributed by atoms with Gasteiger partial charge < -0.3 is 5.11 Å². The molecule has 0 spiro atoms. The quantitative estimate of drug-likeness (QED) is 0.315. The van der Waals surface area contributed by atoms with Crippen LogP contribution in [0.5, 0.6) is 5.88 Å². The lowest BCUT2D eigenvalue weighted by Crippen LogP contribution is -2.33. The minimum absolute atomic E-state index is 0.0854. The van der Waals surface area contributed by atoms with Crippen LogP contribution >= 0.6 is 0 Å². The van der Waals surface area contributed by atoms with Gasteiger partial charge in [0.05, 0.1) is 10.9 Å². The summed E-state index contributed by atoms with van der Waals surface area (Å²) in [6.07, 6.45) is 6.03.